The van der Waals surface area contributed by atoms with Gasteiger partial charge in [-0.05, 0) is 68.1 Å². The molecular weight excluding hydrogens is 434 g/mol. The van der Waals surface area contributed by atoms with Crippen LogP contribution in [0.15, 0.2) is 30.5 Å². The summed E-state index contributed by atoms with van der Waals surface area (Å²) in [6, 6.07) is 6.99. The number of nitrogens with one attached hydrogen (secondary N) is 1. The highest BCUT2D eigenvalue weighted by Gasteiger charge is 2.27. The number of fused-ring (bicyclic) bond motifs is 2. The van der Waals surface area contributed by atoms with E-state index in [9.17, 15) is 9.59 Å². The number of aromatic nitrogens is 3. The molecule has 0 saturated heterocycles. The van der Waals surface area contributed by atoms with Gasteiger partial charge in [0.1, 0.15) is 5.69 Å². The fourth-order valence-corrected chi connectivity index (χ4v) is 4.56. The van der Waals surface area contributed by atoms with Crippen molar-refractivity contribution in [1.82, 2.24) is 25.0 Å². The molecule has 2 aromatic heterocycles. The number of hydrogen-bond donors (Lipinski definition) is 1. The lowest BCUT2D eigenvalue weighted by molar-refractivity contribution is 0.0721. The first-order valence-corrected chi connectivity index (χ1v) is 11.4. The average Bonchev–Trinajstić information content (AvgIpc) is 3.47. The molecular formula is C25H27N5O4. The predicted molar refractivity (Wildman–Crippen MR) is 124 cm³/mol. The molecule has 0 radical (unpaired) electrons. The molecule has 0 atom stereocenters. The smallest absolute Gasteiger partial charge is 0.272 e. The van der Waals surface area contributed by atoms with E-state index < -0.39 is 0 Å². The molecule has 0 spiro atoms. The summed E-state index contributed by atoms with van der Waals surface area (Å²) in [4.78, 5) is 32.3. The summed E-state index contributed by atoms with van der Waals surface area (Å²) in [5.41, 5.74) is 6.01. The molecule has 3 aromatic rings. The van der Waals surface area contributed by atoms with Gasteiger partial charge in [-0.3, -0.25) is 19.3 Å². The van der Waals surface area contributed by atoms with Crippen LogP contribution in [0.4, 0.5) is 0 Å². The number of carbonyl (C=O) groups is 2. The first-order valence-electron chi connectivity index (χ1n) is 11.4. The number of rotatable bonds is 5. The van der Waals surface area contributed by atoms with Crippen LogP contribution in [0.3, 0.4) is 0 Å². The quantitative estimate of drug-likeness (QED) is 0.627. The summed E-state index contributed by atoms with van der Waals surface area (Å²) in [7, 11) is 0. The van der Waals surface area contributed by atoms with E-state index in [0.29, 0.717) is 55.4 Å². The molecule has 0 aliphatic carbocycles. The molecule has 0 saturated carbocycles. The van der Waals surface area contributed by atoms with Crippen LogP contribution in [0.2, 0.25) is 0 Å². The SMILES string of the molecule is CCn1nc(C)cc1C(=O)N1CCc2c(cnc(C)c2CNC(=O)c2ccc3c(c2)OCO3)C1. The van der Waals surface area contributed by atoms with Crippen molar-refractivity contribution >= 4 is 11.8 Å². The van der Waals surface area contributed by atoms with Crippen molar-refractivity contribution in [2.45, 2.75) is 46.8 Å². The summed E-state index contributed by atoms with van der Waals surface area (Å²) in [5.74, 6) is 1.01. The zero-order valence-corrected chi connectivity index (χ0v) is 19.6. The zero-order valence-electron chi connectivity index (χ0n) is 19.6. The van der Waals surface area contributed by atoms with Crippen LogP contribution in [0.1, 0.15) is 55.8 Å². The van der Waals surface area contributed by atoms with Crippen molar-refractivity contribution in [2.75, 3.05) is 13.3 Å². The third-order valence-electron chi connectivity index (χ3n) is 6.36. The Hall–Kier alpha value is -3.88. The molecule has 9 heteroatoms. The fraction of sp³-hybridized carbons (Fsp3) is 0.360. The molecule has 0 fully saturated rings. The van der Waals surface area contributed by atoms with Gasteiger partial charge in [0.15, 0.2) is 11.5 Å². The van der Waals surface area contributed by atoms with Crippen LogP contribution >= 0.6 is 0 Å². The molecule has 34 heavy (non-hydrogen) atoms. The van der Waals surface area contributed by atoms with E-state index in [0.717, 1.165) is 28.1 Å². The first-order chi connectivity index (χ1) is 16.4. The minimum absolute atomic E-state index is 0.0219. The van der Waals surface area contributed by atoms with Crippen LogP contribution < -0.4 is 14.8 Å². The maximum Gasteiger partial charge on any atom is 0.272 e. The van der Waals surface area contributed by atoms with E-state index in [4.69, 9.17) is 9.47 Å². The van der Waals surface area contributed by atoms with E-state index in [1.54, 1.807) is 22.9 Å². The maximum absolute atomic E-state index is 13.2. The van der Waals surface area contributed by atoms with E-state index in [2.05, 4.69) is 15.4 Å². The lowest BCUT2D eigenvalue weighted by Crippen LogP contribution is -2.38. The molecule has 2 aliphatic heterocycles. The number of nitrogens with zero attached hydrogens (tertiary/aromatic N) is 4. The van der Waals surface area contributed by atoms with E-state index >= 15 is 0 Å². The number of aryl methyl sites for hydroxylation is 3. The van der Waals surface area contributed by atoms with E-state index in [1.807, 2.05) is 37.9 Å². The molecule has 2 amide bonds. The van der Waals surface area contributed by atoms with Crippen LogP contribution in [-0.4, -0.2) is 44.8 Å². The number of benzene rings is 1. The van der Waals surface area contributed by atoms with Crippen molar-refractivity contribution in [1.29, 1.82) is 0 Å². The van der Waals surface area contributed by atoms with Crippen LogP contribution in [0.25, 0.3) is 0 Å². The van der Waals surface area contributed by atoms with Gasteiger partial charge >= 0.3 is 0 Å². The molecule has 0 unspecified atom stereocenters. The molecule has 1 N–H and O–H groups in total. The molecule has 176 valence electrons. The van der Waals surface area contributed by atoms with Gasteiger partial charge in [0.2, 0.25) is 6.79 Å². The minimum Gasteiger partial charge on any atom is -0.454 e. The summed E-state index contributed by atoms with van der Waals surface area (Å²) in [6.45, 7) is 8.09. The molecule has 5 rings (SSSR count). The Labute approximate surface area is 197 Å². The molecule has 1 aromatic carbocycles. The first kappa shape index (κ1) is 21.9. The van der Waals surface area contributed by atoms with Gasteiger partial charge in [0.05, 0.1) is 5.69 Å². The van der Waals surface area contributed by atoms with E-state index in [-0.39, 0.29) is 18.6 Å². The van der Waals surface area contributed by atoms with Gasteiger partial charge in [-0.15, -0.1) is 0 Å². The standard InChI is InChI=1S/C25H27N5O4/c1-4-30-21(9-15(2)28-30)25(32)29-8-7-19-18(13-29)11-26-16(3)20(19)12-27-24(31)17-5-6-22-23(10-17)34-14-33-22/h5-6,9-11H,4,7-8,12-14H2,1-3H3,(H,27,31). The Balaban J connectivity index is 1.31. The molecule has 4 heterocycles. The number of carbonyl (C=O) groups excluding carboxylic acids is 2. The number of hydrogen-bond acceptors (Lipinski definition) is 6. The Morgan fingerprint density at radius 1 is 1.15 bits per heavy atom. The van der Waals surface area contributed by atoms with Gasteiger partial charge in [0.25, 0.3) is 11.8 Å². The highest BCUT2D eigenvalue weighted by Crippen LogP contribution is 2.32. The lowest BCUT2D eigenvalue weighted by Gasteiger charge is -2.30. The Bertz CT molecular complexity index is 1280. The largest absolute Gasteiger partial charge is 0.454 e. The van der Waals surface area contributed by atoms with Crippen molar-refractivity contribution in [3.63, 3.8) is 0 Å². The third kappa shape index (κ3) is 3.98. The van der Waals surface area contributed by atoms with Crippen molar-refractivity contribution in [2.24, 2.45) is 0 Å². The lowest BCUT2D eigenvalue weighted by atomic mass is 9.94. The molecule has 2 aliphatic rings. The molecule has 0 bridgehead atoms. The number of amides is 2. The Morgan fingerprint density at radius 3 is 2.79 bits per heavy atom. The number of pyridine rings is 1. The second kappa shape index (κ2) is 8.81. The second-order valence-corrected chi connectivity index (χ2v) is 8.54. The third-order valence-corrected chi connectivity index (χ3v) is 6.36. The Morgan fingerprint density at radius 2 is 1.97 bits per heavy atom. The summed E-state index contributed by atoms with van der Waals surface area (Å²) < 4.78 is 12.4. The van der Waals surface area contributed by atoms with Crippen molar-refractivity contribution in [3.05, 3.63) is 69.8 Å². The second-order valence-electron chi connectivity index (χ2n) is 8.54. The zero-order chi connectivity index (χ0) is 23.8. The van der Waals surface area contributed by atoms with Crippen LogP contribution in [-0.2, 0) is 26.1 Å². The fourth-order valence-electron chi connectivity index (χ4n) is 4.56. The number of ether oxygens (including phenoxy) is 2. The predicted octanol–water partition coefficient (Wildman–Crippen LogP) is 2.77. The highest BCUT2D eigenvalue weighted by molar-refractivity contribution is 5.95. The van der Waals surface area contributed by atoms with Crippen LogP contribution in [0, 0.1) is 13.8 Å². The van der Waals surface area contributed by atoms with Crippen LogP contribution in [0.5, 0.6) is 11.5 Å². The van der Waals surface area contributed by atoms with Crippen molar-refractivity contribution in [3.8, 4) is 11.5 Å². The highest BCUT2D eigenvalue weighted by atomic mass is 16.7. The van der Waals surface area contributed by atoms with E-state index in [1.165, 1.54) is 0 Å². The van der Waals surface area contributed by atoms with Gasteiger partial charge < -0.3 is 19.7 Å². The van der Waals surface area contributed by atoms with Crippen molar-refractivity contribution < 1.29 is 19.1 Å². The van der Waals surface area contributed by atoms with Gasteiger partial charge in [0, 0.05) is 43.6 Å². The normalized spacial score (nSPS) is 14.1. The average molecular weight is 462 g/mol. The Kier molecular flexibility index (Phi) is 5.69. The minimum atomic E-state index is -0.189. The van der Waals surface area contributed by atoms with Gasteiger partial charge in [-0.2, -0.15) is 5.10 Å². The summed E-state index contributed by atoms with van der Waals surface area (Å²) in [6.07, 6.45) is 2.55. The maximum atomic E-state index is 13.2. The topological polar surface area (TPSA) is 98.6 Å². The van der Waals surface area contributed by atoms with Gasteiger partial charge in [-0.1, -0.05) is 0 Å². The summed E-state index contributed by atoms with van der Waals surface area (Å²) >= 11 is 0. The van der Waals surface area contributed by atoms with Gasteiger partial charge in [-0.25, -0.2) is 0 Å². The monoisotopic (exact) mass is 461 g/mol. The summed E-state index contributed by atoms with van der Waals surface area (Å²) in [5, 5.41) is 7.41. The molecule has 9 nitrogen and oxygen atoms in total.